The molecule has 0 aliphatic carbocycles. The highest BCUT2D eigenvalue weighted by molar-refractivity contribution is 7.92. The van der Waals surface area contributed by atoms with Gasteiger partial charge in [-0.25, -0.2) is 8.42 Å². The van der Waals surface area contributed by atoms with E-state index in [0.29, 0.717) is 24.3 Å². The minimum absolute atomic E-state index is 0. The summed E-state index contributed by atoms with van der Waals surface area (Å²) in [5.74, 6) is -0.293. The van der Waals surface area contributed by atoms with Crippen molar-refractivity contribution in [1.29, 1.82) is 0 Å². The second-order valence-electron chi connectivity index (χ2n) is 6.21. The largest absolute Gasteiger partial charge is 0.348 e. The van der Waals surface area contributed by atoms with Crippen LogP contribution in [0.2, 0.25) is 0 Å². The normalized spacial score (nSPS) is 10.7. The van der Waals surface area contributed by atoms with Gasteiger partial charge in [-0.2, -0.15) is 0 Å². The molecule has 0 aliphatic heterocycles. The molecule has 29 heavy (non-hydrogen) atoms. The Morgan fingerprint density at radius 1 is 0.862 bits per heavy atom. The predicted octanol–water partition coefficient (Wildman–Crippen LogP) is 3.30. The van der Waals surface area contributed by atoms with Gasteiger partial charge in [-0.3, -0.25) is 9.52 Å². The number of benzene rings is 3. The minimum atomic E-state index is -3.71. The van der Waals surface area contributed by atoms with Gasteiger partial charge in [0.15, 0.2) is 0 Å². The highest BCUT2D eigenvalue weighted by Gasteiger charge is 2.14. The monoisotopic (exact) mass is 431 g/mol. The quantitative estimate of drug-likeness (QED) is 0.534. The minimum Gasteiger partial charge on any atom is -0.348 e. The Kier molecular flexibility index (Phi) is 7.78. The average Bonchev–Trinajstić information content (AvgIpc) is 2.72. The Balaban J connectivity index is 0.00000300. The first-order valence-corrected chi connectivity index (χ1v) is 10.2. The maximum atomic E-state index is 12.4. The molecule has 1 amide bonds. The Morgan fingerprint density at radius 2 is 1.55 bits per heavy atom. The van der Waals surface area contributed by atoms with Gasteiger partial charge in [0.1, 0.15) is 0 Å². The van der Waals surface area contributed by atoms with E-state index in [1.807, 2.05) is 24.3 Å². The lowest BCUT2D eigenvalue weighted by Crippen LogP contribution is -2.23. The second-order valence-corrected chi connectivity index (χ2v) is 7.89. The van der Waals surface area contributed by atoms with E-state index in [1.165, 1.54) is 18.2 Å². The summed E-state index contributed by atoms with van der Waals surface area (Å²) in [5.41, 5.74) is 8.25. The molecule has 4 N–H and O–H groups in total. The molecule has 0 aliphatic rings. The number of nitrogens with one attached hydrogen (secondary N) is 2. The number of hydrogen-bond donors (Lipinski definition) is 3. The van der Waals surface area contributed by atoms with Crippen molar-refractivity contribution < 1.29 is 13.2 Å². The SMILES string of the molecule is Cl.NCc1cccc(CNC(=O)c2cccc(NS(=O)(=O)c3ccccc3)c2)c1. The van der Waals surface area contributed by atoms with E-state index in [2.05, 4.69) is 10.0 Å². The van der Waals surface area contributed by atoms with E-state index in [4.69, 9.17) is 5.73 Å². The topological polar surface area (TPSA) is 101 Å². The lowest BCUT2D eigenvalue weighted by Gasteiger charge is -2.10. The third kappa shape index (κ3) is 6.05. The smallest absolute Gasteiger partial charge is 0.261 e. The van der Waals surface area contributed by atoms with Gasteiger partial charge in [-0.15, -0.1) is 12.4 Å². The van der Waals surface area contributed by atoms with E-state index < -0.39 is 10.0 Å². The Bertz CT molecular complexity index is 1070. The number of halogens is 1. The zero-order chi connectivity index (χ0) is 20.0. The highest BCUT2D eigenvalue weighted by Crippen LogP contribution is 2.17. The molecule has 3 rings (SSSR count). The fourth-order valence-corrected chi connectivity index (χ4v) is 3.76. The van der Waals surface area contributed by atoms with Crippen LogP contribution in [-0.2, 0) is 23.1 Å². The number of carbonyl (C=O) groups excluding carboxylic acids is 1. The van der Waals surface area contributed by atoms with Crippen LogP contribution in [0.25, 0.3) is 0 Å². The number of rotatable bonds is 7. The molecule has 0 spiro atoms. The zero-order valence-electron chi connectivity index (χ0n) is 15.5. The first-order chi connectivity index (χ1) is 13.5. The van der Waals surface area contributed by atoms with Gasteiger partial charge in [-0.05, 0) is 41.5 Å². The number of anilines is 1. The molecule has 0 fully saturated rings. The first-order valence-electron chi connectivity index (χ1n) is 8.72. The number of nitrogens with two attached hydrogens (primary N) is 1. The van der Waals surface area contributed by atoms with Gasteiger partial charge in [-0.1, -0.05) is 48.5 Å². The molecule has 0 heterocycles. The van der Waals surface area contributed by atoms with Crippen LogP contribution in [0, 0.1) is 0 Å². The summed E-state index contributed by atoms with van der Waals surface area (Å²) in [6.07, 6.45) is 0. The van der Waals surface area contributed by atoms with Gasteiger partial charge < -0.3 is 11.1 Å². The molecule has 0 bridgehead atoms. The van der Waals surface area contributed by atoms with Crippen molar-refractivity contribution in [3.8, 4) is 0 Å². The average molecular weight is 432 g/mol. The Hall–Kier alpha value is -2.87. The molecule has 0 unspecified atom stereocenters. The van der Waals surface area contributed by atoms with E-state index in [-0.39, 0.29) is 23.2 Å². The van der Waals surface area contributed by atoms with Crippen LogP contribution in [0.5, 0.6) is 0 Å². The Morgan fingerprint density at radius 3 is 2.28 bits per heavy atom. The van der Waals surface area contributed by atoms with Crippen molar-refractivity contribution in [2.45, 2.75) is 18.0 Å². The van der Waals surface area contributed by atoms with Crippen LogP contribution < -0.4 is 15.8 Å². The number of sulfonamides is 1. The van der Waals surface area contributed by atoms with E-state index in [1.54, 1.807) is 36.4 Å². The highest BCUT2D eigenvalue weighted by atomic mass is 35.5. The summed E-state index contributed by atoms with van der Waals surface area (Å²) in [6, 6.07) is 22.1. The van der Waals surface area contributed by atoms with Crippen LogP contribution in [0.4, 0.5) is 5.69 Å². The maximum Gasteiger partial charge on any atom is 0.261 e. The molecule has 6 nitrogen and oxygen atoms in total. The van der Waals surface area contributed by atoms with E-state index in [9.17, 15) is 13.2 Å². The molecule has 0 aromatic heterocycles. The molecule has 152 valence electrons. The summed E-state index contributed by atoms with van der Waals surface area (Å²) >= 11 is 0. The van der Waals surface area contributed by atoms with Crippen LogP contribution in [-0.4, -0.2) is 14.3 Å². The predicted molar refractivity (Wildman–Crippen MR) is 116 cm³/mol. The summed E-state index contributed by atoms with van der Waals surface area (Å²) in [5, 5.41) is 2.83. The zero-order valence-corrected chi connectivity index (χ0v) is 17.2. The third-order valence-corrected chi connectivity index (χ3v) is 5.51. The summed E-state index contributed by atoms with van der Waals surface area (Å²) in [4.78, 5) is 12.6. The second kappa shape index (κ2) is 10.1. The third-order valence-electron chi connectivity index (χ3n) is 4.11. The van der Waals surface area contributed by atoms with Crippen LogP contribution in [0.15, 0.2) is 83.8 Å². The van der Waals surface area contributed by atoms with Gasteiger partial charge >= 0.3 is 0 Å². The molecule has 0 saturated heterocycles. The van der Waals surface area contributed by atoms with Crippen molar-refractivity contribution >= 4 is 34.0 Å². The molecule has 0 radical (unpaired) electrons. The Labute approximate surface area is 176 Å². The molecule has 3 aromatic carbocycles. The van der Waals surface area contributed by atoms with Crippen LogP contribution in [0.1, 0.15) is 21.5 Å². The van der Waals surface area contributed by atoms with E-state index in [0.717, 1.165) is 11.1 Å². The fourth-order valence-electron chi connectivity index (χ4n) is 2.69. The van der Waals surface area contributed by atoms with Crippen LogP contribution in [0.3, 0.4) is 0 Å². The van der Waals surface area contributed by atoms with Gasteiger partial charge in [0.2, 0.25) is 0 Å². The molecule has 3 aromatic rings. The maximum absolute atomic E-state index is 12.4. The lowest BCUT2D eigenvalue weighted by atomic mass is 10.1. The summed E-state index contributed by atoms with van der Waals surface area (Å²) in [7, 11) is -3.71. The standard InChI is InChI=1S/C21H21N3O3S.ClH/c22-14-16-6-4-7-17(12-16)15-23-21(25)18-8-5-9-19(13-18)24-28(26,27)20-10-2-1-3-11-20;/h1-13,24H,14-15,22H2,(H,23,25);1H. The van der Waals surface area contributed by atoms with E-state index >= 15 is 0 Å². The number of carbonyl (C=O) groups is 1. The van der Waals surface area contributed by atoms with Gasteiger partial charge in [0.05, 0.1) is 4.90 Å². The number of amides is 1. The van der Waals surface area contributed by atoms with Crippen molar-refractivity contribution in [3.63, 3.8) is 0 Å². The summed E-state index contributed by atoms with van der Waals surface area (Å²) in [6.45, 7) is 0.790. The summed E-state index contributed by atoms with van der Waals surface area (Å²) < 4.78 is 27.4. The van der Waals surface area contributed by atoms with Crippen molar-refractivity contribution in [1.82, 2.24) is 5.32 Å². The van der Waals surface area contributed by atoms with Crippen molar-refractivity contribution in [2.24, 2.45) is 5.73 Å². The molecular weight excluding hydrogens is 410 g/mol. The van der Waals surface area contributed by atoms with Gasteiger partial charge in [0.25, 0.3) is 15.9 Å². The molecule has 8 heteroatoms. The lowest BCUT2D eigenvalue weighted by molar-refractivity contribution is 0.0951. The first kappa shape index (κ1) is 22.4. The molecule has 0 saturated carbocycles. The van der Waals surface area contributed by atoms with Crippen LogP contribution >= 0.6 is 12.4 Å². The van der Waals surface area contributed by atoms with Crippen molar-refractivity contribution in [2.75, 3.05) is 4.72 Å². The number of hydrogen-bond acceptors (Lipinski definition) is 4. The van der Waals surface area contributed by atoms with Gasteiger partial charge in [0, 0.05) is 24.3 Å². The van der Waals surface area contributed by atoms with Crippen molar-refractivity contribution in [3.05, 3.63) is 95.6 Å². The molecular formula is C21H22ClN3O3S. The molecule has 0 atom stereocenters. The fraction of sp³-hybridized carbons (Fsp3) is 0.0952.